The fourth-order valence-corrected chi connectivity index (χ4v) is 2.96. The van der Waals surface area contributed by atoms with Crippen LogP contribution in [0.25, 0.3) is 0 Å². The fourth-order valence-electron chi connectivity index (χ4n) is 2.76. The van der Waals surface area contributed by atoms with E-state index in [0.717, 1.165) is 11.6 Å². The highest BCUT2D eigenvalue weighted by molar-refractivity contribution is 6.30. The monoisotopic (exact) mass is 266 g/mol. The number of hydrogen-bond acceptors (Lipinski definition) is 2. The lowest BCUT2D eigenvalue weighted by Gasteiger charge is -2.34. The van der Waals surface area contributed by atoms with Crippen LogP contribution in [0, 0.1) is 0 Å². The van der Waals surface area contributed by atoms with Gasteiger partial charge in [-0.1, -0.05) is 30.7 Å². The van der Waals surface area contributed by atoms with Gasteiger partial charge in [0, 0.05) is 24.2 Å². The van der Waals surface area contributed by atoms with Crippen molar-refractivity contribution in [3.8, 4) is 0 Å². The van der Waals surface area contributed by atoms with E-state index in [9.17, 15) is 0 Å². The molecule has 0 spiro atoms. The minimum absolute atomic E-state index is 0.541. The van der Waals surface area contributed by atoms with Gasteiger partial charge in [-0.05, 0) is 50.0 Å². The molecule has 0 bridgehead atoms. The second-order valence-corrected chi connectivity index (χ2v) is 5.78. The quantitative estimate of drug-likeness (QED) is 0.901. The molecule has 1 fully saturated rings. The van der Waals surface area contributed by atoms with Crippen molar-refractivity contribution >= 4 is 11.6 Å². The van der Waals surface area contributed by atoms with Crippen LogP contribution in [0.2, 0.25) is 5.02 Å². The van der Waals surface area contributed by atoms with Gasteiger partial charge in [-0.15, -0.1) is 0 Å². The van der Waals surface area contributed by atoms with Gasteiger partial charge in [0.1, 0.15) is 0 Å². The average molecular weight is 267 g/mol. The third-order valence-corrected chi connectivity index (χ3v) is 4.10. The molecule has 0 aliphatic carbocycles. The highest BCUT2D eigenvalue weighted by Crippen LogP contribution is 2.21. The number of likely N-dealkylation sites (tertiary alicyclic amines) is 1. The molecule has 0 radical (unpaired) electrons. The lowest BCUT2D eigenvalue weighted by atomic mass is 9.98. The summed E-state index contributed by atoms with van der Waals surface area (Å²) in [4.78, 5) is 2.57. The van der Waals surface area contributed by atoms with Crippen LogP contribution in [0.3, 0.4) is 0 Å². The molecule has 1 aromatic carbocycles. The summed E-state index contributed by atoms with van der Waals surface area (Å²) >= 11 is 6.05. The highest BCUT2D eigenvalue weighted by atomic mass is 35.5. The van der Waals surface area contributed by atoms with Gasteiger partial charge < -0.3 is 10.2 Å². The Hall–Kier alpha value is -0.570. The average Bonchev–Trinajstić information content (AvgIpc) is 2.39. The van der Waals surface area contributed by atoms with Crippen LogP contribution in [-0.2, 0) is 0 Å². The summed E-state index contributed by atoms with van der Waals surface area (Å²) in [7, 11) is 2.06. The maximum absolute atomic E-state index is 6.05. The number of piperidine rings is 1. The lowest BCUT2D eigenvalue weighted by molar-refractivity contribution is 0.187. The Morgan fingerprint density at radius 2 is 2.33 bits per heavy atom. The second-order valence-electron chi connectivity index (χ2n) is 5.34. The van der Waals surface area contributed by atoms with E-state index in [2.05, 4.69) is 36.3 Å². The predicted octanol–water partition coefficient (Wildman–Crippen LogP) is 3.13. The van der Waals surface area contributed by atoms with Crippen molar-refractivity contribution in [2.24, 2.45) is 0 Å². The van der Waals surface area contributed by atoms with Crippen molar-refractivity contribution in [2.45, 2.75) is 31.7 Å². The largest absolute Gasteiger partial charge is 0.316 e. The molecule has 1 heterocycles. The summed E-state index contributed by atoms with van der Waals surface area (Å²) in [5.41, 5.74) is 1.34. The first-order valence-electron chi connectivity index (χ1n) is 6.84. The van der Waals surface area contributed by atoms with E-state index in [4.69, 9.17) is 11.6 Å². The van der Waals surface area contributed by atoms with Gasteiger partial charge in [0.15, 0.2) is 0 Å². The molecule has 0 saturated carbocycles. The number of nitrogens with one attached hydrogen (secondary N) is 1. The van der Waals surface area contributed by atoms with Crippen molar-refractivity contribution in [3.63, 3.8) is 0 Å². The molecule has 1 N–H and O–H groups in total. The molecule has 0 aromatic heterocycles. The molecule has 2 nitrogen and oxygen atoms in total. The third kappa shape index (κ3) is 3.71. The van der Waals surface area contributed by atoms with Gasteiger partial charge in [-0.2, -0.15) is 0 Å². The predicted molar refractivity (Wildman–Crippen MR) is 78.4 cm³/mol. The first-order chi connectivity index (χ1) is 8.69. The maximum atomic E-state index is 6.05. The van der Waals surface area contributed by atoms with Crippen molar-refractivity contribution < 1.29 is 0 Å². The van der Waals surface area contributed by atoms with Gasteiger partial charge in [0.2, 0.25) is 0 Å². The molecule has 2 atom stereocenters. The van der Waals surface area contributed by atoms with Crippen LogP contribution in [0.5, 0.6) is 0 Å². The highest BCUT2D eigenvalue weighted by Gasteiger charge is 2.20. The summed E-state index contributed by atoms with van der Waals surface area (Å²) in [6, 6.07) is 8.91. The molecular weight excluding hydrogens is 244 g/mol. The van der Waals surface area contributed by atoms with E-state index < -0.39 is 0 Å². The normalized spacial score (nSPS) is 22.9. The van der Waals surface area contributed by atoms with E-state index in [-0.39, 0.29) is 0 Å². The first-order valence-corrected chi connectivity index (χ1v) is 7.22. The Balaban J connectivity index is 1.92. The number of likely N-dealkylation sites (N-methyl/N-ethyl adjacent to an activating group) is 1. The maximum Gasteiger partial charge on any atom is 0.0408 e. The molecule has 0 amide bonds. The Bertz CT molecular complexity index is 381. The summed E-state index contributed by atoms with van der Waals surface area (Å²) in [6.45, 7) is 5.80. The van der Waals surface area contributed by atoms with E-state index in [1.165, 1.54) is 31.5 Å². The lowest BCUT2D eigenvalue weighted by Crippen LogP contribution is -2.45. The van der Waals surface area contributed by atoms with Gasteiger partial charge >= 0.3 is 0 Å². The van der Waals surface area contributed by atoms with Gasteiger partial charge in [0.25, 0.3) is 0 Å². The number of halogens is 1. The van der Waals surface area contributed by atoms with E-state index in [0.29, 0.717) is 12.0 Å². The van der Waals surface area contributed by atoms with Crippen molar-refractivity contribution in [2.75, 3.05) is 26.7 Å². The van der Waals surface area contributed by atoms with E-state index in [1.807, 2.05) is 12.1 Å². The smallest absolute Gasteiger partial charge is 0.0408 e. The van der Waals surface area contributed by atoms with Crippen molar-refractivity contribution in [1.29, 1.82) is 0 Å². The minimum Gasteiger partial charge on any atom is -0.316 e. The Morgan fingerprint density at radius 3 is 3.06 bits per heavy atom. The van der Waals surface area contributed by atoms with Gasteiger partial charge in [-0.25, -0.2) is 0 Å². The Labute approximate surface area is 115 Å². The van der Waals surface area contributed by atoms with E-state index >= 15 is 0 Å². The van der Waals surface area contributed by atoms with Crippen LogP contribution in [0.4, 0.5) is 0 Å². The second kappa shape index (κ2) is 6.55. The molecule has 1 aliphatic heterocycles. The zero-order chi connectivity index (χ0) is 13.0. The number of hydrogen-bond donors (Lipinski definition) is 1. The molecule has 2 unspecified atom stereocenters. The number of nitrogens with zero attached hydrogens (tertiary/aromatic N) is 1. The van der Waals surface area contributed by atoms with Crippen LogP contribution in [-0.4, -0.2) is 37.6 Å². The van der Waals surface area contributed by atoms with Crippen molar-refractivity contribution in [3.05, 3.63) is 34.9 Å². The zero-order valence-corrected chi connectivity index (χ0v) is 12.1. The Morgan fingerprint density at radius 1 is 1.50 bits per heavy atom. The van der Waals surface area contributed by atoms with Gasteiger partial charge in [-0.3, -0.25) is 0 Å². The summed E-state index contributed by atoms with van der Waals surface area (Å²) in [5.74, 6) is 0.541. The molecular formula is C15H23ClN2. The molecule has 1 aliphatic rings. The number of benzene rings is 1. The van der Waals surface area contributed by atoms with Crippen LogP contribution in [0.15, 0.2) is 24.3 Å². The first kappa shape index (κ1) is 13.9. The molecule has 100 valence electrons. The zero-order valence-electron chi connectivity index (χ0n) is 11.3. The van der Waals surface area contributed by atoms with Crippen LogP contribution >= 0.6 is 11.6 Å². The SMILES string of the molecule is CNC1CCCN(CC(C)c2cccc(Cl)c2)C1. The number of rotatable bonds is 4. The summed E-state index contributed by atoms with van der Waals surface area (Å²) in [5, 5.41) is 4.23. The summed E-state index contributed by atoms with van der Waals surface area (Å²) in [6.07, 6.45) is 2.60. The van der Waals surface area contributed by atoms with Crippen LogP contribution < -0.4 is 5.32 Å². The molecule has 3 heteroatoms. The van der Waals surface area contributed by atoms with Gasteiger partial charge in [0.05, 0.1) is 0 Å². The Kier molecular flexibility index (Phi) is 5.04. The molecule has 1 saturated heterocycles. The van der Waals surface area contributed by atoms with Crippen LogP contribution in [0.1, 0.15) is 31.2 Å². The third-order valence-electron chi connectivity index (χ3n) is 3.86. The topological polar surface area (TPSA) is 15.3 Å². The molecule has 2 rings (SSSR count). The fraction of sp³-hybridized carbons (Fsp3) is 0.600. The summed E-state index contributed by atoms with van der Waals surface area (Å²) < 4.78 is 0. The van der Waals surface area contributed by atoms with E-state index in [1.54, 1.807) is 0 Å². The van der Waals surface area contributed by atoms with Crippen molar-refractivity contribution in [1.82, 2.24) is 10.2 Å². The minimum atomic E-state index is 0.541. The molecule has 18 heavy (non-hydrogen) atoms. The standard InChI is InChI=1S/C15H23ClN2/c1-12(13-5-3-6-14(16)9-13)10-18-8-4-7-15(11-18)17-2/h3,5-6,9,12,15,17H,4,7-8,10-11H2,1-2H3. The molecule has 1 aromatic rings.